The molecule has 0 radical (unpaired) electrons. The molecule has 0 aromatic heterocycles. The quantitative estimate of drug-likeness (QED) is 0.202. The van der Waals surface area contributed by atoms with Gasteiger partial charge in [-0.1, -0.05) is 42.5 Å². The molecule has 0 bridgehead atoms. The SMILES string of the molecule is CCNC(=NCc1cccc(C(=O)NCC2CCCO2)c1)NCC(CO)c1ccccc1.I. The summed E-state index contributed by atoms with van der Waals surface area (Å²) in [5.74, 6) is 0.566. The first kappa shape index (κ1) is 27.1. The van der Waals surface area contributed by atoms with Crippen LogP contribution in [0.25, 0.3) is 0 Å². The summed E-state index contributed by atoms with van der Waals surface area (Å²) in [5, 5.41) is 19.3. The second-order valence-electron chi connectivity index (χ2n) is 7.91. The fourth-order valence-corrected chi connectivity index (χ4v) is 3.67. The molecular formula is C25H35IN4O3. The predicted octanol–water partition coefficient (Wildman–Crippen LogP) is 3.04. The Labute approximate surface area is 213 Å². The van der Waals surface area contributed by atoms with Crippen LogP contribution in [0.3, 0.4) is 0 Å². The van der Waals surface area contributed by atoms with Gasteiger partial charge >= 0.3 is 0 Å². The Morgan fingerprint density at radius 1 is 1.15 bits per heavy atom. The zero-order valence-electron chi connectivity index (χ0n) is 19.1. The van der Waals surface area contributed by atoms with E-state index in [0.29, 0.717) is 31.2 Å². The van der Waals surface area contributed by atoms with E-state index in [0.717, 1.165) is 37.1 Å². The van der Waals surface area contributed by atoms with E-state index < -0.39 is 0 Å². The normalized spacial score (nSPS) is 16.5. The van der Waals surface area contributed by atoms with Crippen LogP contribution in [0.2, 0.25) is 0 Å². The second-order valence-corrected chi connectivity index (χ2v) is 7.91. The van der Waals surface area contributed by atoms with Gasteiger partial charge in [-0.05, 0) is 43.0 Å². The number of carbonyl (C=O) groups excluding carboxylic acids is 1. The first-order valence-electron chi connectivity index (χ1n) is 11.4. The van der Waals surface area contributed by atoms with E-state index in [1.54, 1.807) is 0 Å². The minimum absolute atomic E-state index is 0. The number of aliphatic hydroxyl groups excluding tert-OH is 1. The van der Waals surface area contributed by atoms with E-state index in [2.05, 4.69) is 20.9 Å². The Hall–Kier alpha value is -2.17. The number of nitrogens with one attached hydrogen (secondary N) is 3. The van der Waals surface area contributed by atoms with Gasteiger partial charge < -0.3 is 25.8 Å². The number of aliphatic imine (C=N–C) groups is 1. The lowest BCUT2D eigenvalue weighted by atomic mass is 10.0. The van der Waals surface area contributed by atoms with Gasteiger partial charge in [0, 0.05) is 37.7 Å². The molecule has 1 fully saturated rings. The number of halogens is 1. The average Bonchev–Trinajstić information content (AvgIpc) is 3.36. The fourth-order valence-electron chi connectivity index (χ4n) is 3.67. The molecule has 180 valence electrons. The maximum Gasteiger partial charge on any atom is 0.251 e. The van der Waals surface area contributed by atoms with Crippen LogP contribution < -0.4 is 16.0 Å². The summed E-state index contributed by atoms with van der Waals surface area (Å²) in [6, 6.07) is 17.5. The summed E-state index contributed by atoms with van der Waals surface area (Å²) in [6.45, 7) is 5.13. The largest absolute Gasteiger partial charge is 0.396 e. The van der Waals surface area contributed by atoms with Crippen molar-refractivity contribution in [2.24, 2.45) is 4.99 Å². The first-order valence-corrected chi connectivity index (χ1v) is 11.4. The van der Waals surface area contributed by atoms with Gasteiger partial charge in [0.2, 0.25) is 0 Å². The molecule has 0 saturated carbocycles. The number of benzene rings is 2. The second kappa shape index (κ2) is 14.9. The molecule has 1 heterocycles. The van der Waals surface area contributed by atoms with Crippen LogP contribution in [0.5, 0.6) is 0 Å². The summed E-state index contributed by atoms with van der Waals surface area (Å²) in [4.78, 5) is 17.1. The highest BCUT2D eigenvalue weighted by Crippen LogP contribution is 2.14. The van der Waals surface area contributed by atoms with E-state index in [1.165, 1.54) is 0 Å². The molecule has 2 atom stereocenters. The lowest BCUT2D eigenvalue weighted by Crippen LogP contribution is -2.39. The smallest absolute Gasteiger partial charge is 0.251 e. The van der Waals surface area contributed by atoms with Crippen molar-refractivity contribution in [1.29, 1.82) is 0 Å². The zero-order valence-corrected chi connectivity index (χ0v) is 21.5. The predicted molar refractivity (Wildman–Crippen MR) is 142 cm³/mol. The summed E-state index contributed by atoms with van der Waals surface area (Å²) in [5.41, 5.74) is 2.66. The van der Waals surface area contributed by atoms with Gasteiger partial charge in [0.1, 0.15) is 0 Å². The summed E-state index contributed by atoms with van der Waals surface area (Å²) in [7, 11) is 0. The topological polar surface area (TPSA) is 95.0 Å². The standard InChI is InChI=1S/C25H34N4O3.HI/c1-2-26-25(29-16-22(18-30)20-9-4-3-5-10-20)28-15-19-8-6-11-21(14-19)24(31)27-17-23-12-7-13-32-23;/h3-6,8-11,14,22-23,30H,2,7,12-13,15-18H2,1H3,(H,27,31)(H2,26,28,29);1H. The van der Waals surface area contributed by atoms with Crippen molar-refractivity contribution >= 4 is 35.8 Å². The molecule has 1 saturated heterocycles. The molecule has 2 aromatic rings. The van der Waals surface area contributed by atoms with Gasteiger partial charge in [0.05, 0.1) is 19.3 Å². The molecule has 0 spiro atoms. The molecule has 2 unspecified atom stereocenters. The Morgan fingerprint density at radius 3 is 2.67 bits per heavy atom. The van der Waals surface area contributed by atoms with E-state index >= 15 is 0 Å². The van der Waals surface area contributed by atoms with Gasteiger partial charge in [0.25, 0.3) is 5.91 Å². The number of rotatable bonds is 10. The monoisotopic (exact) mass is 566 g/mol. The molecule has 3 rings (SSSR count). The van der Waals surface area contributed by atoms with Crippen molar-refractivity contribution in [3.63, 3.8) is 0 Å². The number of amides is 1. The molecule has 2 aromatic carbocycles. The van der Waals surface area contributed by atoms with Gasteiger partial charge in [-0.3, -0.25) is 4.79 Å². The zero-order chi connectivity index (χ0) is 22.6. The van der Waals surface area contributed by atoms with Gasteiger partial charge in [0.15, 0.2) is 5.96 Å². The molecule has 4 N–H and O–H groups in total. The third kappa shape index (κ3) is 8.94. The van der Waals surface area contributed by atoms with Crippen LogP contribution >= 0.6 is 24.0 Å². The number of hydrogen-bond donors (Lipinski definition) is 4. The van der Waals surface area contributed by atoms with Crippen molar-refractivity contribution in [1.82, 2.24) is 16.0 Å². The van der Waals surface area contributed by atoms with Crippen LogP contribution in [0.1, 0.15) is 47.2 Å². The Balaban J connectivity index is 0.00000385. The number of carbonyl (C=O) groups is 1. The van der Waals surface area contributed by atoms with Crippen molar-refractivity contribution in [2.45, 2.75) is 38.3 Å². The Bertz CT molecular complexity index is 873. The van der Waals surface area contributed by atoms with Gasteiger partial charge in [-0.15, -0.1) is 24.0 Å². The average molecular weight is 566 g/mol. The molecule has 1 aliphatic heterocycles. The number of nitrogens with zero attached hydrogens (tertiary/aromatic N) is 1. The highest BCUT2D eigenvalue weighted by molar-refractivity contribution is 14.0. The third-order valence-corrected chi connectivity index (χ3v) is 5.47. The van der Waals surface area contributed by atoms with Crippen molar-refractivity contribution in [2.75, 3.05) is 32.8 Å². The van der Waals surface area contributed by atoms with E-state index in [-0.39, 0.29) is 48.5 Å². The Kier molecular flexibility index (Phi) is 12.2. The van der Waals surface area contributed by atoms with E-state index in [4.69, 9.17) is 4.74 Å². The fraction of sp³-hybridized carbons (Fsp3) is 0.440. The van der Waals surface area contributed by atoms with Gasteiger partial charge in [-0.25, -0.2) is 4.99 Å². The maximum atomic E-state index is 12.5. The van der Waals surface area contributed by atoms with Crippen molar-refractivity contribution in [3.8, 4) is 0 Å². The number of ether oxygens (including phenoxy) is 1. The number of aliphatic hydroxyl groups is 1. The molecule has 0 aliphatic carbocycles. The van der Waals surface area contributed by atoms with Crippen LogP contribution in [0, 0.1) is 0 Å². The molecular weight excluding hydrogens is 531 g/mol. The van der Waals surface area contributed by atoms with Crippen LogP contribution in [0.4, 0.5) is 0 Å². The van der Waals surface area contributed by atoms with Gasteiger partial charge in [-0.2, -0.15) is 0 Å². The summed E-state index contributed by atoms with van der Waals surface area (Å²) in [6.07, 6.45) is 2.18. The molecule has 1 aliphatic rings. The lowest BCUT2D eigenvalue weighted by molar-refractivity contribution is 0.0857. The molecule has 33 heavy (non-hydrogen) atoms. The lowest BCUT2D eigenvalue weighted by Gasteiger charge is -2.18. The molecule has 7 nitrogen and oxygen atoms in total. The van der Waals surface area contributed by atoms with E-state index in [1.807, 2.05) is 61.5 Å². The summed E-state index contributed by atoms with van der Waals surface area (Å²) >= 11 is 0. The van der Waals surface area contributed by atoms with E-state index in [9.17, 15) is 9.90 Å². The maximum absolute atomic E-state index is 12.5. The molecule has 8 heteroatoms. The number of guanidine groups is 1. The van der Waals surface area contributed by atoms with Crippen molar-refractivity contribution < 1.29 is 14.6 Å². The van der Waals surface area contributed by atoms with Crippen molar-refractivity contribution in [3.05, 3.63) is 71.3 Å². The number of hydrogen-bond acceptors (Lipinski definition) is 4. The van der Waals surface area contributed by atoms with Crippen LogP contribution in [0.15, 0.2) is 59.6 Å². The molecule has 1 amide bonds. The summed E-state index contributed by atoms with van der Waals surface area (Å²) < 4.78 is 5.56. The minimum atomic E-state index is -0.0926. The highest BCUT2D eigenvalue weighted by atomic mass is 127. The van der Waals surface area contributed by atoms with Crippen LogP contribution in [-0.2, 0) is 11.3 Å². The highest BCUT2D eigenvalue weighted by Gasteiger charge is 2.17. The first-order chi connectivity index (χ1) is 15.7. The minimum Gasteiger partial charge on any atom is -0.396 e. The third-order valence-electron chi connectivity index (χ3n) is 5.47. The Morgan fingerprint density at radius 2 is 1.97 bits per heavy atom. The van der Waals surface area contributed by atoms with Crippen LogP contribution in [-0.4, -0.2) is 55.9 Å².